The summed E-state index contributed by atoms with van der Waals surface area (Å²) in [6, 6.07) is 22.9. The van der Waals surface area contributed by atoms with Crippen molar-refractivity contribution in [1.82, 2.24) is 0 Å². The number of nitrogens with two attached hydrogens (primary N) is 2. The van der Waals surface area contributed by atoms with Crippen LogP contribution < -0.4 is 20.9 Å². The molecule has 0 aromatic heterocycles. The molecule has 0 heterocycles. The molecular formula is C20H20N2O2. The maximum atomic E-state index is 5.88. The van der Waals surface area contributed by atoms with Gasteiger partial charge in [-0.25, -0.2) is 0 Å². The van der Waals surface area contributed by atoms with Crippen molar-refractivity contribution >= 4 is 11.4 Å². The van der Waals surface area contributed by atoms with Gasteiger partial charge in [0.1, 0.15) is 13.2 Å². The van der Waals surface area contributed by atoms with Crippen molar-refractivity contribution in [3.8, 4) is 11.5 Å². The first-order valence-corrected chi connectivity index (χ1v) is 7.74. The Morgan fingerprint density at radius 3 is 1.29 bits per heavy atom. The third kappa shape index (κ3) is 4.20. The molecule has 0 saturated carbocycles. The van der Waals surface area contributed by atoms with Crippen molar-refractivity contribution in [3.63, 3.8) is 0 Å². The second-order valence-corrected chi connectivity index (χ2v) is 5.51. The summed E-state index contributed by atoms with van der Waals surface area (Å²) in [5.41, 5.74) is 15.0. The summed E-state index contributed by atoms with van der Waals surface area (Å²) in [7, 11) is 0. The third-order valence-electron chi connectivity index (χ3n) is 3.60. The van der Waals surface area contributed by atoms with Gasteiger partial charge < -0.3 is 20.9 Å². The molecule has 0 fully saturated rings. The van der Waals surface area contributed by atoms with Crippen LogP contribution in [0.3, 0.4) is 0 Å². The minimum absolute atomic E-state index is 0.461. The van der Waals surface area contributed by atoms with Gasteiger partial charge in [-0.3, -0.25) is 0 Å². The first-order valence-electron chi connectivity index (χ1n) is 7.74. The molecule has 4 N–H and O–H groups in total. The molecule has 3 aromatic carbocycles. The Morgan fingerprint density at radius 1 is 0.542 bits per heavy atom. The zero-order chi connectivity index (χ0) is 16.8. The Balaban J connectivity index is 1.64. The van der Waals surface area contributed by atoms with E-state index in [0.717, 1.165) is 22.5 Å². The van der Waals surface area contributed by atoms with Crippen molar-refractivity contribution in [2.75, 3.05) is 11.5 Å². The Kier molecular flexibility index (Phi) is 4.87. The van der Waals surface area contributed by atoms with Crippen molar-refractivity contribution in [1.29, 1.82) is 0 Å². The summed E-state index contributed by atoms with van der Waals surface area (Å²) >= 11 is 0. The number of hydrogen-bond donors (Lipinski definition) is 2. The monoisotopic (exact) mass is 320 g/mol. The van der Waals surface area contributed by atoms with Crippen LogP contribution in [0.2, 0.25) is 0 Å². The van der Waals surface area contributed by atoms with Gasteiger partial charge in [0.2, 0.25) is 0 Å². The third-order valence-corrected chi connectivity index (χ3v) is 3.60. The van der Waals surface area contributed by atoms with Crippen LogP contribution in [0.25, 0.3) is 0 Å². The predicted molar refractivity (Wildman–Crippen MR) is 96.8 cm³/mol. The molecular weight excluding hydrogens is 300 g/mol. The topological polar surface area (TPSA) is 70.5 Å². The van der Waals surface area contributed by atoms with Crippen LogP contribution in [0.15, 0.2) is 72.8 Å². The van der Waals surface area contributed by atoms with Crippen molar-refractivity contribution in [3.05, 3.63) is 83.9 Å². The normalized spacial score (nSPS) is 10.3. The molecule has 0 aliphatic carbocycles. The van der Waals surface area contributed by atoms with E-state index in [1.54, 1.807) is 0 Å². The molecule has 0 saturated heterocycles. The summed E-state index contributed by atoms with van der Waals surface area (Å²) < 4.78 is 11.8. The van der Waals surface area contributed by atoms with E-state index in [1.165, 1.54) is 0 Å². The second kappa shape index (κ2) is 7.42. The van der Waals surface area contributed by atoms with Gasteiger partial charge in [0.05, 0.1) is 0 Å². The molecule has 0 spiro atoms. The first kappa shape index (κ1) is 15.7. The average Bonchev–Trinajstić information content (AvgIpc) is 2.61. The number of benzene rings is 3. The Hall–Kier alpha value is -3.14. The van der Waals surface area contributed by atoms with Crippen LogP contribution in [0.1, 0.15) is 11.1 Å². The molecule has 0 amide bonds. The van der Waals surface area contributed by atoms with E-state index in [9.17, 15) is 0 Å². The minimum Gasteiger partial charge on any atom is -0.485 e. The minimum atomic E-state index is 0.461. The van der Waals surface area contributed by atoms with Gasteiger partial charge in [-0.15, -0.1) is 0 Å². The van der Waals surface area contributed by atoms with Crippen molar-refractivity contribution in [2.24, 2.45) is 0 Å². The van der Waals surface area contributed by atoms with Crippen molar-refractivity contribution in [2.45, 2.75) is 13.2 Å². The summed E-state index contributed by atoms with van der Waals surface area (Å²) in [6.45, 7) is 0.922. The number of ether oxygens (including phenoxy) is 2. The largest absolute Gasteiger partial charge is 0.485 e. The van der Waals surface area contributed by atoms with E-state index in [0.29, 0.717) is 24.7 Å². The number of rotatable bonds is 6. The fourth-order valence-electron chi connectivity index (χ4n) is 2.24. The molecule has 0 radical (unpaired) electrons. The highest BCUT2D eigenvalue weighted by Crippen LogP contribution is 2.28. The maximum Gasteiger partial charge on any atom is 0.161 e. The standard InChI is InChI=1S/C20H20N2O2/c21-17-9-5-15(6-10-17)13-23-19-3-1-2-4-20(19)24-14-16-7-11-18(22)12-8-16/h1-12H,13-14,21-22H2. The Labute approximate surface area is 141 Å². The van der Waals surface area contributed by atoms with E-state index in [1.807, 2.05) is 72.8 Å². The SMILES string of the molecule is Nc1ccc(COc2ccccc2OCc2ccc(N)cc2)cc1. The van der Waals surface area contributed by atoms with Gasteiger partial charge in [-0.05, 0) is 47.5 Å². The van der Waals surface area contributed by atoms with Crippen LogP contribution in [-0.2, 0) is 13.2 Å². The number of nitrogen functional groups attached to an aromatic ring is 2. The molecule has 122 valence electrons. The molecule has 24 heavy (non-hydrogen) atoms. The molecule has 0 bridgehead atoms. The zero-order valence-corrected chi connectivity index (χ0v) is 13.3. The van der Waals surface area contributed by atoms with E-state index in [4.69, 9.17) is 20.9 Å². The fourth-order valence-corrected chi connectivity index (χ4v) is 2.24. The number of para-hydroxylation sites is 2. The molecule has 0 aliphatic heterocycles. The average molecular weight is 320 g/mol. The summed E-state index contributed by atoms with van der Waals surface area (Å²) in [4.78, 5) is 0. The van der Waals surface area contributed by atoms with Gasteiger partial charge in [0, 0.05) is 11.4 Å². The lowest BCUT2D eigenvalue weighted by Crippen LogP contribution is -2.00. The fraction of sp³-hybridized carbons (Fsp3) is 0.100. The van der Waals surface area contributed by atoms with Gasteiger partial charge >= 0.3 is 0 Å². The van der Waals surface area contributed by atoms with Crippen LogP contribution >= 0.6 is 0 Å². The molecule has 3 aromatic rings. The Bertz CT molecular complexity index is 715. The first-order chi connectivity index (χ1) is 11.7. The van der Waals surface area contributed by atoms with Gasteiger partial charge in [-0.1, -0.05) is 36.4 Å². The maximum absolute atomic E-state index is 5.88. The van der Waals surface area contributed by atoms with Crippen molar-refractivity contribution < 1.29 is 9.47 Å². The lowest BCUT2D eigenvalue weighted by atomic mass is 10.2. The molecule has 3 rings (SSSR count). The number of anilines is 2. The molecule has 0 aliphatic rings. The molecule has 4 heteroatoms. The summed E-state index contributed by atoms with van der Waals surface area (Å²) in [6.07, 6.45) is 0. The molecule has 4 nitrogen and oxygen atoms in total. The lowest BCUT2D eigenvalue weighted by Gasteiger charge is -2.13. The molecule has 0 atom stereocenters. The predicted octanol–water partition coefficient (Wildman–Crippen LogP) is 4.01. The highest BCUT2D eigenvalue weighted by atomic mass is 16.5. The van der Waals surface area contributed by atoms with E-state index >= 15 is 0 Å². The second-order valence-electron chi connectivity index (χ2n) is 5.51. The quantitative estimate of drug-likeness (QED) is 0.673. The van der Waals surface area contributed by atoms with Gasteiger partial charge in [0.25, 0.3) is 0 Å². The van der Waals surface area contributed by atoms with Crippen LogP contribution in [0.4, 0.5) is 11.4 Å². The zero-order valence-electron chi connectivity index (χ0n) is 13.3. The lowest BCUT2D eigenvalue weighted by molar-refractivity contribution is 0.256. The number of hydrogen-bond acceptors (Lipinski definition) is 4. The van der Waals surface area contributed by atoms with Crippen LogP contribution in [-0.4, -0.2) is 0 Å². The van der Waals surface area contributed by atoms with E-state index in [-0.39, 0.29) is 0 Å². The summed E-state index contributed by atoms with van der Waals surface area (Å²) in [5, 5.41) is 0. The highest BCUT2D eigenvalue weighted by Gasteiger charge is 2.05. The van der Waals surface area contributed by atoms with E-state index < -0.39 is 0 Å². The van der Waals surface area contributed by atoms with Gasteiger partial charge in [-0.2, -0.15) is 0 Å². The molecule has 0 unspecified atom stereocenters. The van der Waals surface area contributed by atoms with Crippen LogP contribution in [0, 0.1) is 0 Å². The highest BCUT2D eigenvalue weighted by molar-refractivity contribution is 5.42. The summed E-state index contributed by atoms with van der Waals surface area (Å²) in [5.74, 6) is 1.43. The Morgan fingerprint density at radius 2 is 0.917 bits per heavy atom. The van der Waals surface area contributed by atoms with Crippen LogP contribution in [0.5, 0.6) is 11.5 Å². The smallest absolute Gasteiger partial charge is 0.161 e. The van der Waals surface area contributed by atoms with Gasteiger partial charge in [0.15, 0.2) is 11.5 Å². The van der Waals surface area contributed by atoms with E-state index in [2.05, 4.69) is 0 Å².